The maximum atomic E-state index is 5.23. The molecule has 0 rings (SSSR count). The zero-order valence-corrected chi connectivity index (χ0v) is 6.06. The first-order valence-corrected chi connectivity index (χ1v) is 2.97. The van der Waals surface area contributed by atoms with E-state index in [0.29, 0.717) is 4.61 Å². The topological polar surface area (TPSA) is 26.0 Å². The third-order valence-corrected chi connectivity index (χ3v) is 0.767. The summed E-state index contributed by atoms with van der Waals surface area (Å²) in [5, 5.41) is 0. The second-order valence-corrected chi connectivity index (χ2v) is 2.09. The van der Waals surface area contributed by atoms with Crippen LogP contribution in [0.1, 0.15) is 0 Å². The SMILES string of the molecule is C=C/C=C\C=C(\N)Br. The Morgan fingerprint density at radius 1 is 1.50 bits per heavy atom. The summed E-state index contributed by atoms with van der Waals surface area (Å²) in [7, 11) is 0. The number of halogens is 1. The van der Waals surface area contributed by atoms with Crippen LogP contribution in [0.2, 0.25) is 0 Å². The molecular weight excluding hydrogens is 166 g/mol. The van der Waals surface area contributed by atoms with Crippen molar-refractivity contribution in [3.8, 4) is 0 Å². The van der Waals surface area contributed by atoms with Crippen molar-refractivity contribution in [2.45, 2.75) is 0 Å². The largest absolute Gasteiger partial charge is 0.393 e. The summed E-state index contributed by atoms with van der Waals surface area (Å²) < 4.78 is 0.621. The lowest BCUT2D eigenvalue weighted by molar-refractivity contribution is 1.56. The highest BCUT2D eigenvalue weighted by Gasteiger charge is 1.68. The van der Waals surface area contributed by atoms with Gasteiger partial charge in [-0.2, -0.15) is 0 Å². The van der Waals surface area contributed by atoms with Crippen LogP contribution in [0.5, 0.6) is 0 Å². The first-order valence-electron chi connectivity index (χ1n) is 2.17. The molecule has 0 aromatic carbocycles. The van der Waals surface area contributed by atoms with Crippen molar-refractivity contribution < 1.29 is 0 Å². The maximum absolute atomic E-state index is 5.23. The van der Waals surface area contributed by atoms with Gasteiger partial charge < -0.3 is 5.73 Å². The third kappa shape index (κ3) is 5.50. The van der Waals surface area contributed by atoms with Crippen molar-refractivity contribution in [2.75, 3.05) is 0 Å². The van der Waals surface area contributed by atoms with Gasteiger partial charge in [-0.15, -0.1) is 0 Å². The van der Waals surface area contributed by atoms with Crippen LogP contribution in [0.3, 0.4) is 0 Å². The minimum Gasteiger partial charge on any atom is -0.393 e. The van der Waals surface area contributed by atoms with Gasteiger partial charge in [0.25, 0.3) is 0 Å². The second-order valence-electron chi connectivity index (χ2n) is 1.17. The number of nitrogens with two attached hydrogens (primary N) is 1. The van der Waals surface area contributed by atoms with Crippen LogP contribution < -0.4 is 5.73 Å². The van der Waals surface area contributed by atoms with E-state index in [1.165, 1.54) is 0 Å². The molecule has 1 nitrogen and oxygen atoms in total. The molecule has 0 aromatic heterocycles. The Kier molecular flexibility index (Phi) is 4.36. The van der Waals surface area contributed by atoms with E-state index in [1.54, 1.807) is 24.3 Å². The third-order valence-electron chi connectivity index (χ3n) is 0.503. The van der Waals surface area contributed by atoms with E-state index in [0.717, 1.165) is 0 Å². The van der Waals surface area contributed by atoms with Crippen molar-refractivity contribution in [1.82, 2.24) is 0 Å². The highest BCUT2D eigenvalue weighted by atomic mass is 79.9. The fourth-order valence-electron chi connectivity index (χ4n) is 0.226. The van der Waals surface area contributed by atoms with E-state index in [1.807, 2.05) is 0 Å². The number of hydrogen-bond acceptors (Lipinski definition) is 1. The number of allylic oxidation sites excluding steroid dienone is 4. The molecule has 0 atom stereocenters. The Hall–Kier alpha value is -0.500. The average molecular weight is 174 g/mol. The van der Waals surface area contributed by atoms with Crippen LogP contribution in [0.25, 0.3) is 0 Å². The molecule has 2 N–H and O–H groups in total. The molecule has 0 aliphatic rings. The molecule has 0 saturated heterocycles. The predicted molar refractivity (Wildman–Crippen MR) is 40.5 cm³/mol. The molecule has 0 bridgehead atoms. The summed E-state index contributed by atoms with van der Waals surface area (Å²) in [6.07, 6.45) is 7.03. The molecule has 0 spiro atoms. The Morgan fingerprint density at radius 3 is 2.50 bits per heavy atom. The lowest BCUT2D eigenvalue weighted by atomic mass is 10.5. The van der Waals surface area contributed by atoms with Crippen LogP contribution in [0, 0.1) is 0 Å². The van der Waals surface area contributed by atoms with Gasteiger partial charge in [-0.05, 0) is 22.0 Å². The smallest absolute Gasteiger partial charge is 0.0753 e. The number of rotatable bonds is 2. The molecule has 0 unspecified atom stereocenters. The van der Waals surface area contributed by atoms with Gasteiger partial charge in [-0.1, -0.05) is 24.8 Å². The standard InChI is InChI=1S/C6H8BrN/c1-2-3-4-5-6(7)8/h2-5H,1,8H2/b4-3-,6-5+. The molecule has 0 aliphatic heterocycles. The molecule has 0 radical (unpaired) electrons. The van der Waals surface area contributed by atoms with Crippen molar-refractivity contribution in [3.05, 3.63) is 35.5 Å². The van der Waals surface area contributed by atoms with Crippen LogP contribution >= 0.6 is 15.9 Å². The molecule has 0 aliphatic carbocycles. The maximum Gasteiger partial charge on any atom is 0.0753 e. The highest BCUT2D eigenvalue weighted by Crippen LogP contribution is 1.93. The summed E-state index contributed by atoms with van der Waals surface area (Å²) in [4.78, 5) is 0. The summed E-state index contributed by atoms with van der Waals surface area (Å²) in [5.74, 6) is 0. The summed E-state index contributed by atoms with van der Waals surface area (Å²) in [5.41, 5.74) is 5.23. The monoisotopic (exact) mass is 173 g/mol. The van der Waals surface area contributed by atoms with Gasteiger partial charge in [0.05, 0.1) is 4.61 Å². The lowest BCUT2D eigenvalue weighted by Gasteiger charge is -1.77. The molecule has 0 aromatic rings. The van der Waals surface area contributed by atoms with E-state index in [4.69, 9.17) is 5.73 Å². The minimum atomic E-state index is 0.621. The van der Waals surface area contributed by atoms with Crippen molar-refractivity contribution in [3.63, 3.8) is 0 Å². The van der Waals surface area contributed by atoms with E-state index in [-0.39, 0.29) is 0 Å². The molecular formula is C6H8BrN. The van der Waals surface area contributed by atoms with E-state index in [9.17, 15) is 0 Å². The summed E-state index contributed by atoms with van der Waals surface area (Å²) in [6, 6.07) is 0. The van der Waals surface area contributed by atoms with Crippen molar-refractivity contribution >= 4 is 15.9 Å². The van der Waals surface area contributed by atoms with Crippen molar-refractivity contribution in [1.29, 1.82) is 0 Å². The molecule has 0 amide bonds. The minimum absolute atomic E-state index is 0.621. The molecule has 0 heterocycles. The fourth-order valence-corrected chi connectivity index (χ4v) is 0.379. The van der Waals surface area contributed by atoms with E-state index >= 15 is 0 Å². The van der Waals surface area contributed by atoms with Crippen LogP contribution in [-0.2, 0) is 0 Å². The summed E-state index contributed by atoms with van der Waals surface area (Å²) >= 11 is 3.06. The first kappa shape index (κ1) is 7.50. The fraction of sp³-hybridized carbons (Fsp3) is 0. The summed E-state index contributed by atoms with van der Waals surface area (Å²) in [6.45, 7) is 3.49. The molecule has 2 heteroatoms. The zero-order chi connectivity index (χ0) is 6.41. The predicted octanol–water partition coefficient (Wildman–Crippen LogP) is 1.92. The Bertz CT molecular complexity index is 120. The van der Waals surface area contributed by atoms with Gasteiger partial charge in [-0.3, -0.25) is 0 Å². The Labute approximate surface area is 57.7 Å². The molecule has 0 fully saturated rings. The van der Waals surface area contributed by atoms with E-state index in [2.05, 4.69) is 22.5 Å². The van der Waals surface area contributed by atoms with Crippen LogP contribution in [0.15, 0.2) is 35.5 Å². The van der Waals surface area contributed by atoms with E-state index < -0.39 is 0 Å². The zero-order valence-electron chi connectivity index (χ0n) is 4.47. The van der Waals surface area contributed by atoms with Gasteiger partial charge in [-0.25, -0.2) is 0 Å². The molecule has 0 saturated carbocycles. The lowest BCUT2D eigenvalue weighted by Crippen LogP contribution is -1.82. The first-order chi connectivity index (χ1) is 3.77. The van der Waals surface area contributed by atoms with Gasteiger partial charge in [0.2, 0.25) is 0 Å². The van der Waals surface area contributed by atoms with Gasteiger partial charge in [0, 0.05) is 0 Å². The Morgan fingerprint density at radius 2 is 2.12 bits per heavy atom. The van der Waals surface area contributed by atoms with Gasteiger partial charge >= 0.3 is 0 Å². The van der Waals surface area contributed by atoms with Crippen LogP contribution in [0.4, 0.5) is 0 Å². The van der Waals surface area contributed by atoms with Gasteiger partial charge in [0.1, 0.15) is 0 Å². The quantitative estimate of drug-likeness (QED) is 0.502. The normalized spacial score (nSPS) is 12.4. The Balaban J connectivity index is 3.57. The second kappa shape index (κ2) is 4.65. The van der Waals surface area contributed by atoms with Crippen molar-refractivity contribution in [2.24, 2.45) is 5.73 Å². The van der Waals surface area contributed by atoms with Gasteiger partial charge in [0.15, 0.2) is 0 Å². The average Bonchev–Trinajstić information content (AvgIpc) is 1.66. The van der Waals surface area contributed by atoms with Crippen LogP contribution in [-0.4, -0.2) is 0 Å². The molecule has 8 heavy (non-hydrogen) atoms. The highest BCUT2D eigenvalue weighted by molar-refractivity contribution is 9.11. The molecule has 44 valence electrons. The number of hydrogen-bond donors (Lipinski definition) is 1.